The molecule has 2 heterocycles. The van der Waals surface area contributed by atoms with Gasteiger partial charge in [-0.2, -0.15) is 0 Å². The molecule has 2 N–H and O–H groups in total. The Bertz CT molecular complexity index is 1180. The Labute approximate surface area is 185 Å². The molecule has 5 nitrogen and oxygen atoms in total. The first-order chi connectivity index (χ1) is 15.3. The summed E-state index contributed by atoms with van der Waals surface area (Å²) in [5, 5.41) is 3.05. The number of carbonyl (C=O) groups excluding carboxylic acids is 1. The van der Waals surface area contributed by atoms with Crippen molar-refractivity contribution in [2.45, 2.75) is 23.8 Å². The summed E-state index contributed by atoms with van der Waals surface area (Å²) in [4.78, 5) is 22.0. The van der Waals surface area contributed by atoms with Crippen LogP contribution < -0.4 is 5.32 Å². The Balaban J connectivity index is 1.33. The van der Waals surface area contributed by atoms with E-state index in [-0.39, 0.29) is 12.0 Å². The zero-order chi connectivity index (χ0) is 21.0. The van der Waals surface area contributed by atoms with Crippen LogP contribution >= 0.6 is 11.8 Å². The molecule has 31 heavy (non-hydrogen) atoms. The number of aromatic nitrogens is 2. The number of hydrogen-bond acceptors (Lipinski definition) is 4. The predicted molar refractivity (Wildman–Crippen MR) is 126 cm³/mol. The minimum Gasteiger partial charge on any atom is -0.377 e. The van der Waals surface area contributed by atoms with Gasteiger partial charge >= 0.3 is 0 Å². The van der Waals surface area contributed by atoms with E-state index in [4.69, 9.17) is 4.74 Å². The van der Waals surface area contributed by atoms with Gasteiger partial charge < -0.3 is 15.0 Å². The maximum atomic E-state index is 13.0. The van der Waals surface area contributed by atoms with Gasteiger partial charge in [-0.25, -0.2) is 4.98 Å². The predicted octanol–water partition coefficient (Wildman–Crippen LogP) is 5.75. The molecule has 156 valence electrons. The van der Waals surface area contributed by atoms with Gasteiger partial charge in [-0.1, -0.05) is 36.4 Å². The Kier molecular flexibility index (Phi) is 5.74. The second-order valence-electron chi connectivity index (χ2n) is 7.58. The van der Waals surface area contributed by atoms with Crippen LogP contribution in [0.1, 0.15) is 23.2 Å². The van der Waals surface area contributed by atoms with Crippen LogP contribution in [-0.4, -0.2) is 34.3 Å². The Morgan fingerprint density at radius 1 is 1.10 bits per heavy atom. The second kappa shape index (κ2) is 8.96. The summed E-state index contributed by atoms with van der Waals surface area (Å²) < 4.78 is 5.72. The van der Waals surface area contributed by atoms with Crippen LogP contribution in [0.4, 0.5) is 5.69 Å². The van der Waals surface area contributed by atoms with Gasteiger partial charge in [0.05, 0.1) is 22.7 Å². The SMILES string of the molecule is O=C(Nc1cccc(-c2nc3ccccc3[nH]2)c1)c1ccccc1SCC1CCCO1. The standard InChI is InChI=1S/C25H23N3O2S/c29-25(20-10-1-4-13-23(20)31-16-19-9-6-14-30-19)26-18-8-5-7-17(15-18)24-27-21-11-2-3-12-22(21)28-24/h1-5,7-8,10-13,15,19H,6,9,14,16H2,(H,26,29)(H,27,28). The van der Waals surface area contributed by atoms with Crippen molar-refractivity contribution in [3.8, 4) is 11.4 Å². The molecule has 1 aliphatic rings. The van der Waals surface area contributed by atoms with E-state index in [0.717, 1.165) is 58.2 Å². The number of anilines is 1. The van der Waals surface area contributed by atoms with Gasteiger partial charge in [-0.15, -0.1) is 11.8 Å². The summed E-state index contributed by atoms with van der Waals surface area (Å²) >= 11 is 1.68. The van der Waals surface area contributed by atoms with Gasteiger partial charge in [0.2, 0.25) is 0 Å². The number of benzene rings is 3. The van der Waals surface area contributed by atoms with Crippen molar-refractivity contribution in [2.75, 3.05) is 17.7 Å². The fraction of sp³-hybridized carbons (Fsp3) is 0.200. The third-order valence-corrected chi connectivity index (χ3v) is 6.57. The zero-order valence-corrected chi connectivity index (χ0v) is 17.8. The molecule has 0 aliphatic carbocycles. The summed E-state index contributed by atoms with van der Waals surface area (Å²) in [6, 6.07) is 23.4. The first-order valence-corrected chi connectivity index (χ1v) is 11.4. The summed E-state index contributed by atoms with van der Waals surface area (Å²) in [5.74, 6) is 1.54. The molecule has 4 aromatic rings. The van der Waals surface area contributed by atoms with Crippen LogP contribution in [0.25, 0.3) is 22.4 Å². The Hall–Kier alpha value is -3.09. The van der Waals surface area contributed by atoms with Crippen LogP contribution in [0.5, 0.6) is 0 Å². The van der Waals surface area contributed by atoms with Gasteiger partial charge in [-0.3, -0.25) is 4.79 Å². The van der Waals surface area contributed by atoms with E-state index in [0.29, 0.717) is 5.56 Å². The molecule has 1 aliphatic heterocycles. The fourth-order valence-electron chi connectivity index (χ4n) is 3.77. The van der Waals surface area contributed by atoms with Gasteiger partial charge in [0, 0.05) is 28.5 Å². The van der Waals surface area contributed by atoms with Crippen LogP contribution in [-0.2, 0) is 4.74 Å². The minimum absolute atomic E-state index is 0.114. The van der Waals surface area contributed by atoms with E-state index < -0.39 is 0 Å². The highest BCUT2D eigenvalue weighted by Crippen LogP contribution is 2.28. The number of carbonyl (C=O) groups is 1. The molecule has 0 saturated carbocycles. The highest BCUT2D eigenvalue weighted by atomic mass is 32.2. The molecule has 6 heteroatoms. The smallest absolute Gasteiger partial charge is 0.256 e. The molecule has 1 amide bonds. The molecule has 1 unspecified atom stereocenters. The van der Waals surface area contributed by atoms with E-state index >= 15 is 0 Å². The molecule has 1 atom stereocenters. The van der Waals surface area contributed by atoms with Crippen LogP contribution in [0.2, 0.25) is 0 Å². The molecule has 0 spiro atoms. The minimum atomic E-state index is -0.114. The van der Waals surface area contributed by atoms with E-state index in [9.17, 15) is 4.79 Å². The molecular formula is C25H23N3O2S. The van der Waals surface area contributed by atoms with Crippen LogP contribution in [0.3, 0.4) is 0 Å². The molecule has 0 bridgehead atoms. The second-order valence-corrected chi connectivity index (χ2v) is 8.64. The average Bonchev–Trinajstić information content (AvgIpc) is 3.48. The summed E-state index contributed by atoms with van der Waals surface area (Å²) in [6.45, 7) is 0.842. The Morgan fingerprint density at radius 2 is 1.97 bits per heavy atom. The van der Waals surface area contributed by atoms with E-state index in [1.807, 2.05) is 72.8 Å². The molecule has 0 radical (unpaired) electrons. The number of nitrogens with one attached hydrogen (secondary N) is 2. The van der Waals surface area contributed by atoms with E-state index in [1.165, 1.54) is 0 Å². The quantitative estimate of drug-likeness (QED) is 0.383. The maximum Gasteiger partial charge on any atom is 0.256 e. The number of aromatic amines is 1. The topological polar surface area (TPSA) is 67.0 Å². The fourth-order valence-corrected chi connectivity index (χ4v) is 4.89. The summed E-state index contributed by atoms with van der Waals surface area (Å²) in [5.41, 5.74) is 4.25. The van der Waals surface area contributed by atoms with Crippen molar-refractivity contribution in [3.05, 3.63) is 78.4 Å². The number of para-hydroxylation sites is 2. The largest absolute Gasteiger partial charge is 0.377 e. The normalized spacial score (nSPS) is 15.9. The third kappa shape index (κ3) is 4.50. The third-order valence-electron chi connectivity index (χ3n) is 5.36. The van der Waals surface area contributed by atoms with Gasteiger partial charge in [-0.05, 0) is 49.2 Å². The molecule has 3 aromatic carbocycles. The molecule has 1 fully saturated rings. The first-order valence-electron chi connectivity index (χ1n) is 10.5. The molecule has 1 aromatic heterocycles. The number of ether oxygens (including phenoxy) is 1. The molecule has 5 rings (SSSR count). The van der Waals surface area contributed by atoms with Crippen LogP contribution in [0.15, 0.2) is 77.7 Å². The lowest BCUT2D eigenvalue weighted by Crippen LogP contribution is -2.14. The van der Waals surface area contributed by atoms with Crippen molar-refractivity contribution in [1.82, 2.24) is 9.97 Å². The lowest BCUT2D eigenvalue weighted by molar-refractivity contribution is 0.102. The van der Waals surface area contributed by atoms with Crippen molar-refractivity contribution in [2.24, 2.45) is 0 Å². The van der Waals surface area contributed by atoms with Gasteiger partial charge in [0.1, 0.15) is 5.82 Å². The number of thioether (sulfide) groups is 1. The number of hydrogen-bond donors (Lipinski definition) is 2. The number of nitrogens with zero attached hydrogens (tertiary/aromatic N) is 1. The van der Waals surface area contributed by atoms with Gasteiger partial charge in [0.25, 0.3) is 5.91 Å². The zero-order valence-electron chi connectivity index (χ0n) is 17.0. The van der Waals surface area contributed by atoms with E-state index in [2.05, 4.69) is 15.3 Å². The van der Waals surface area contributed by atoms with Gasteiger partial charge in [0.15, 0.2) is 0 Å². The van der Waals surface area contributed by atoms with Crippen molar-refractivity contribution in [3.63, 3.8) is 0 Å². The molecular weight excluding hydrogens is 406 g/mol. The highest BCUT2D eigenvalue weighted by Gasteiger charge is 2.18. The van der Waals surface area contributed by atoms with Crippen molar-refractivity contribution >= 4 is 34.4 Å². The lowest BCUT2D eigenvalue weighted by atomic mass is 10.1. The lowest BCUT2D eigenvalue weighted by Gasteiger charge is -2.12. The average molecular weight is 430 g/mol. The number of imidazole rings is 1. The Morgan fingerprint density at radius 3 is 2.84 bits per heavy atom. The first kappa shape index (κ1) is 19.8. The number of fused-ring (bicyclic) bond motifs is 1. The van der Waals surface area contributed by atoms with E-state index in [1.54, 1.807) is 11.8 Å². The number of rotatable bonds is 6. The van der Waals surface area contributed by atoms with Crippen molar-refractivity contribution < 1.29 is 9.53 Å². The van der Waals surface area contributed by atoms with Crippen molar-refractivity contribution in [1.29, 1.82) is 0 Å². The monoisotopic (exact) mass is 429 g/mol. The van der Waals surface area contributed by atoms with Crippen LogP contribution in [0, 0.1) is 0 Å². The highest BCUT2D eigenvalue weighted by molar-refractivity contribution is 7.99. The number of amides is 1. The summed E-state index contributed by atoms with van der Waals surface area (Å²) in [6.07, 6.45) is 2.49. The maximum absolute atomic E-state index is 13.0. The summed E-state index contributed by atoms with van der Waals surface area (Å²) in [7, 11) is 0. The molecule has 1 saturated heterocycles. The number of H-pyrrole nitrogens is 1.